The lowest BCUT2D eigenvalue weighted by molar-refractivity contribution is -0.141. The molecule has 0 saturated carbocycles. The number of ether oxygens (including phenoxy) is 1. The number of esters is 1. The van der Waals surface area contributed by atoms with Crippen LogP contribution in [0.2, 0.25) is 0 Å². The molecular formula is C21H21FN4O2. The molecule has 28 heavy (non-hydrogen) atoms. The van der Waals surface area contributed by atoms with Gasteiger partial charge in [-0.25, -0.2) is 14.2 Å². The van der Waals surface area contributed by atoms with Crippen LogP contribution in [-0.4, -0.2) is 35.6 Å². The molecule has 1 saturated heterocycles. The molecule has 144 valence electrons. The molecule has 2 heterocycles. The first-order chi connectivity index (χ1) is 13.7. The van der Waals surface area contributed by atoms with E-state index in [4.69, 9.17) is 9.72 Å². The zero-order valence-electron chi connectivity index (χ0n) is 15.6. The average molecular weight is 380 g/mol. The molecule has 0 bridgehead atoms. The van der Waals surface area contributed by atoms with Gasteiger partial charge in [0.2, 0.25) is 5.95 Å². The van der Waals surface area contributed by atoms with Crippen molar-refractivity contribution < 1.29 is 13.9 Å². The SMILES string of the molecule is COC(=O)[C@@H]1CCCN1c1nc(NCc2ccc(F)cc2)c2ccccc2n1. The zero-order chi connectivity index (χ0) is 19.5. The van der Waals surface area contributed by atoms with Crippen molar-refractivity contribution in [2.24, 2.45) is 0 Å². The molecule has 6 nitrogen and oxygen atoms in total. The van der Waals surface area contributed by atoms with Crippen LogP contribution < -0.4 is 10.2 Å². The third kappa shape index (κ3) is 3.60. The van der Waals surface area contributed by atoms with Gasteiger partial charge in [-0.2, -0.15) is 4.98 Å². The van der Waals surface area contributed by atoms with E-state index in [9.17, 15) is 9.18 Å². The smallest absolute Gasteiger partial charge is 0.328 e. The van der Waals surface area contributed by atoms with Crippen molar-refractivity contribution in [3.8, 4) is 0 Å². The van der Waals surface area contributed by atoms with Gasteiger partial charge in [0.25, 0.3) is 0 Å². The second-order valence-electron chi connectivity index (χ2n) is 6.74. The van der Waals surface area contributed by atoms with Crippen LogP contribution >= 0.6 is 0 Å². The number of halogens is 1. The van der Waals surface area contributed by atoms with Gasteiger partial charge in [0, 0.05) is 18.5 Å². The normalized spacial score (nSPS) is 16.4. The van der Waals surface area contributed by atoms with Crippen molar-refractivity contribution in [2.45, 2.75) is 25.4 Å². The van der Waals surface area contributed by atoms with E-state index in [0.717, 1.165) is 29.3 Å². The molecule has 1 fully saturated rings. The number of nitrogens with zero attached hydrogens (tertiary/aromatic N) is 3. The van der Waals surface area contributed by atoms with Crippen LogP contribution in [0, 0.1) is 5.82 Å². The summed E-state index contributed by atoms with van der Waals surface area (Å²) in [4.78, 5) is 23.4. The van der Waals surface area contributed by atoms with E-state index < -0.39 is 0 Å². The highest BCUT2D eigenvalue weighted by Gasteiger charge is 2.33. The molecule has 1 atom stereocenters. The number of carbonyl (C=O) groups is 1. The fourth-order valence-corrected chi connectivity index (χ4v) is 3.50. The number of nitrogens with one attached hydrogen (secondary N) is 1. The van der Waals surface area contributed by atoms with Crippen molar-refractivity contribution in [2.75, 3.05) is 23.9 Å². The number of aromatic nitrogens is 2. The monoisotopic (exact) mass is 380 g/mol. The van der Waals surface area contributed by atoms with E-state index in [2.05, 4.69) is 10.3 Å². The van der Waals surface area contributed by atoms with E-state index in [0.29, 0.717) is 24.9 Å². The Bertz CT molecular complexity index is 993. The van der Waals surface area contributed by atoms with Gasteiger partial charge in [0.1, 0.15) is 17.7 Å². The molecule has 7 heteroatoms. The number of benzene rings is 2. The fraction of sp³-hybridized carbons (Fsp3) is 0.286. The molecule has 0 aliphatic carbocycles. The molecule has 0 amide bonds. The van der Waals surface area contributed by atoms with Gasteiger partial charge in [-0.05, 0) is 42.7 Å². The van der Waals surface area contributed by atoms with Crippen molar-refractivity contribution in [3.63, 3.8) is 0 Å². The highest BCUT2D eigenvalue weighted by molar-refractivity contribution is 5.90. The van der Waals surface area contributed by atoms with Crippen LogP contribution in [0.1, 0.15) is 18.4 Å². The Kier molecular flexibility index (Phi) is 5.06. The molecule has 3 aromatic rings. The zero-order valence-corrected chi connectivity index (χ0v) is 15.6. The molecule has 0 spiro atoms. The summed E-state index contributed by atoms with van der Waals surface area (Å²) in [7, 11) is 1.40. The minimum atomic E-state index is -0.365. The summed E-state index contributed by atoms with van der Waals surface area (Å²) in [5, 5.41) is 4.22. The molecule has 1 aromatic heterocycles. The summed E-state index contributed by atoms with van der Waals surface area (Å²) >= 11 is 0. The summed E-state index contributed by atoms with van der Waals surface area (Å²) in [5.41, 5.74) is 1.74. The quantitative estimate of drug-likeness (QED) is 0.683. The molecule has 1 aliphatic rings. The number of para-hydroxylation sites is 1. The Morgan fingerprint density at radius 2 is 2.00 bits per heavy atom. The van der Waals surface area contributed by atoms with Gasteiger partial charge in [0.05, 0.1) is 12.6 Å². The molecular weight excluding hydrogens is 359 g/mol. The van der Waals surface area contributed by atoms with Crippen molar-refractivity contribution >= 4 is 28.6 Å². The molecule has 1 aliphatic heterocycles. The van der Waals surface area contributed by atoms with E-state index in [1.165, 1.54) is 19.2 Å². The third-order valence-electron chi connectivity index (χ3n) is 4.95. The maximum atomic E-state index is 13.1. The van der Waals surface area contributed by atoms with Gasteiger partial charge in [-0.3, -0.25) is 0 Å². The van der Waals surface area contributed by atoms with Crippen LogP contribution in [0.5, 0.6) is 0 Å². The molecule has 1 N–H and O–H groups in total. The lowest BCUT2D eigenvalue weighted by atomic mass is 10.2. The first kappa shape index (κ1) is 18.2. The second-order valence-corrected chi connectivity index (χ2v) is 6.74. The molecule has 0 radical (unpaired) electrons. The van der Waals surface area contributed by atoms with E-state index in [1.54, 1.807) is 12.1 Å². The number of hydrogen-bond donors (Lipinski definition) is 1. The van der Waals surface area contributed by atoms with Crippen LogP contribution in [0.15, 0.2) is 48.5 Å². The van der Waals surface area contributed by atoms with Crippen LogP contribution in [0.3, 0.4) is 0 Å². The lowest BCUT2D eigenvalue weighted by Crippen LogP contribution is -2.38. The molecule has 2 aromatic carbocycles. The first-order valence-corrected chi connectivity index (χ1v) is 9.25. The summed E-state index contributed by atoms with van der Waals surface area (Å²) < 4.78 is 18.1. The van der Waals surface area contributed by atoms with E-state index in [1.807, 2.05) is 29.2 Å². The number of fused-ring (bicyclic) bond motifs is 1. The maximum Gasteiger partial charge on any atom is 0.328 e. The molecule has 4 rings (SSSR count). The average Bonchev–Trinajstić information content (AvgIpc) is 3.22. The Morgan fingerprint density at radius 3 is 2.79 bits per heavy atom. The van der Waals surface area contributed by atoms with Gasteiger partial charge in [0.15, 0.2) is 0 Å². The van der Waals surface area contributed by atoms with E-state index in [-0.39, 0.29) is 17.8 Å². The Morgan fingerprint density at radius 1 is 1.21 bits per heavy atom. The Balaban J connectivity index is 1.67. The van der Waals surface area contributed by atoms with E-state index >= 15 is 0 Å². The standard InChI is InChI=1S/C21H21FN4O2/c1-28-20(27)18-7-4-12-26(18)21-24-17-6-3-2-5-16(17)19(25-21)23-13-14-8-10-15(22)11-9-14/h2-3,5-6,8-11,18H,4,7,12-13H2,1H3,(H,23,24,25)/t18-/m0/s1. The highest BCUT2D eigenvalue weighted by atomic mass is 19.1. The van der Waals surface area contributed by atoms with Crippen LogP contribution in [0.4, 0.5) is 16.2 Å². The minimum Gasteiger partial charge on any atom is -0.467 e. The van der Waals surface area contributed by atoms with Gasteiger partial charge < -0.3 is 15.0 Å². The number of methoxy groups -OCH3 is 1. The summed E-state index contributed by atoms with van der Waals surface area (Å²) in [6.45, 7) is 1.21. The number of hydrogen-bond acceptors (Lipinski definition) is 6. The second kappa shape index (κ2) is 7.80. The first-order valence-electron chi connectivity index (χ1n) is 9.25. The van der Waals surface area contributed by atoms with Gasteiger partial charge in [-0.15, -0.1) is 0 Å². The predicted molar refractivity (Wildman–Crippen MR) is 106 cm³/mol. The summed E-state index contributed by atoms with van der Waals surface area (Å²) in [6, 6.07) is 13.7. The molecule has 0 unspecified atom stereocenters. The van der Waals surface area contributed by atoms with Gasteiger partial charge in [-0.1, -0.05) is 24.3 Å². The third-order valence-corrected chi connectivity index (χ3v) is 4.95. The Labute approximate surface area is 162 Å². The predicted octanol–water partition coefficient (Wildman–Crippen LogP) is 3.52. The fourth-order valence-electron chi connectivity index (χ4n) is 3.50. The summed E-state index contributed by atoms with van der Waals surface area (Å²) in [6.07, 6.45) is 1.61. The van der Waals surface area contributed by atoms with Crippen molar-refractivity contribution in [3.05, 3.63) is 59.9 Å². The van der Waals surface area contributed by atoms with Gasteiger partial charge >= 0.3 is 5.97 Å². The highest BCUT2D eigenvalue weighted by Crippen LogP contribution is 2.28. The number of rotatable bonds is 5. The maximum absolute atomic E-state index is 13.1. The Hall–Kier alpha value is -3.22. The topological polar surface area (TPSA) is 67.3 Å². The van der Waals surface area contributed by atoms with Crippen LogP contribution in [-0.2, 0) is 16.1 Å². The van der Waals surface area contributed by atoms with Crippen molar-refractivity contribution in [1.82, 2.24) is 9.97 Å². The largest absolute Gasteiger partial charge is 0.467 e. The number of carbonyl (C=O) groups excluding carboxylic acids is 1. The number of anilines is 2. The summed E-state index contributed by atoms with van der Waals surface area (Å²) in [5.74, 6) is 0.658. The minimum absolute atomic E-state index is 0.263. The van der Waals surface area contributed by atoms with Crippen LogP contribution in [0.25, 0.3) is 10.9 Å². The lowest BCUT2D eigenvalue weighted by Gasteiger charge is -2.23. The van der Waals surface area contributed by atoms with Crippen molar-refractivity contribution in [1.29, 1.82) is 0 Å².